The van der Waals surface area contributed by atoms with Gasteiger partial charge in [-0.15, -0.1) is 0 Å². The minimum atomic E-state index is 0.245. The fourth-order valence-corrected chi connectivity index (χ4v) is 3.10. The van der Waals surface area contributed by atoms with Crippen LogP contribution in [0.1, 0.15) is 41.4 Å². The zero-order valence-corrected chi connectivity index (χ0v) is 12.2. The molecule has 104 valence electrons. The van der Waals surface area contributed by atoms with Crippen molar-refractivity contribution in [3.63, 3.8) is 0 Å². The number of hydrogen-bond donors (Lipinski definition) is 0. The predicted molar refractivity (Wildman–Crippen MR) is 79.0 cm³/mol. The van der Waals surface area contributed by atoms with Gasteiger partial charge >= 0.3 is 0 Å². The molecule has 0 N–H and O–H groups in total. The molecule has 0 spiro atoms. The topological polar surface area (TPSA) is 35.0 Å². The largest absolute Gasteiger partial charge is 0.378 e. The second kappa shape index (κ2) is 5.90. The molecule has 1 aliphatic carbocycles. The molecule has 4 heteroatoms. The molecule has 20 heavy (non-hydrogen) atoms. The van der Waals surface area contributed by atoms with Crippen molar-refractivity contribution < 1.29 is 4.74 Å². The summed E-state index contributed by atoms with van der Waals surface area (Å²) in [6, 6.07) is 10.3. The first-order chi connectivity index (χ1) is 9.78. The summed E-state index contributed by atoms with van der Waals surface area (Å²) in [5, 5.41) is 0.491. The van der Waals surface area contributed by atoms with E-state index in [0.29, 0.717) is 11.8 Å². The lowest BCUT2D eigenvalue weighted by Gasteiger charge is -2.24. The summed E-state index contributed by atoms with van der Waals surface area (Å²) in [6.07, 6.45) is 3.37. The van der Waals surface area contributed by atoms with Gasteiger partial charge in [0.2, 0.25) is 0 Å². The van der Waals surface area contributed by atoms with Gasteiger partial charge in [0.15, 0.2) is 0 Å². The lowest BCUT2D eigenvalue weighted by Crippen LogP contribution is -2.14. The number of fused-ring (bicyclic) bond motifs is 1. The molecule has 1 aromatic carbocycles. The molecule has 0 saturated heterocycles. The van der Waals surface area contributed by atoms with Gasteiger partial charge in [-0.2, -0.15) is 0 Å². The average Bonchev–Trinajstić information content (AvgIpc) is 2.46. The van der Waals surface area contributed by atoms with Crippen LogP contribution in [0.15, 0.2) is 30.3 Å². The van der Waals surface area contributed by atoms with Crippen LogP contribution in [0.3, 0.4) is 0 Å². The monoisotopic (exact) mass is 288 g/mol. The van der Waals surface area contributed by atoms with E-state index in [2.05, 4.69) is 34.2 Å². The number of aryl methyl sites for hydroxylation is 1. The zero-order valence-electron chi connectivity index (χ0n) is 11.5. The molecule has 0 saturated carbocycles. The maximum absolute atomic E-state index is 6.13. The highest BCUT2D eigenvalue weighted by molar-refractivity contribution is 6.29. The van der Waals surface area contributed by atoms with Crippen LogP contribution in [0, 0.1) is 0 Å². The van der Waals surface area contributed by atoms with Crippen LogP contribution >= 0.6 is 11.6 Å². The minimum Gasteiger partial charge on any atom is -0.378 e. The van der Waals surface area contributed by atoms with E-state index in [1.54, 1.807) is 13.2 Å². The summed E-state index contributed by atoms with van der Waals surface area (Å²) in [7, 11) is 1.66. The fraction of sp³-hybridized carbons (Fsp3) is 0.375. The standard InChI is InChI=1S/C16H17ClN2O/c1-20-10-12-9-15(17)19-16(18-12)14-8-4-6-11-5-2-3-7-13(11)14/h2-3,5,7,9,14H,4,6,8,10H2,1H3. The average molecular weight is 289 g/mol. The maximum atomic E-state index is 6.13. The highest BCUT2D eigenvalue weighted by Gasteiger charge is 2.24. The molecule has 1 heterocycles. The SMILES string of the molecule is COCc1cc(Cl)nc(C2CCCc3ccccc32)n1. The quantitative estimate of drug-likeness (QED) is 0.807. The summed E-state index contributed by atoms with van der Waals surface area (Å²) < 4.78 is 5.15. The van der Waals surface area contributed by atoms with E-state index in [1.165, 1.54) is 11.1 Å². The molecule has 1 aromatic heterocycles. The number of nitrogens with zero attached hydrogens (tertiary/aromatic N) is 2. The second-order valence-electron chi connectivity index (χ2n) is 5.12. The number of methoxy groups -OCH3 is 1. The molecule has 1 unspecified atom stereocenters. The van der Waals surface area contributed by atoms with Crippen molar-refractivity contribution in [2.24, 2.45) is 0 Å². The van der Waals surface area contributed by atoms with Crippen molar-refractivity contribution in [2.75, 3.05) is 7.11 Å². The van der Waals surface area contributed by atoms with Crippen molar-refractivity contribution in [1.82, 2.24) is 9.97 Å². The second-order valence-corrected chi connectivity index (χ2v) is 5.50. The number of ether oxygens (including phenoxy) is 1. The Morgan fingerprint density at radius 1 is 1.30 bits per heavy atom. The molecular weight excluding hydrogens is 272 g/mol. The number of aromatic nitrogens is 2. The van der Waals surface area contributed by atoms with E-state index in [9.17, 15) is 0 Å². The molecule has 3 rings (SSSR count). The molecule has 2 aromatic rings. The molecule has 1 aliphatic rings. The lowest BCUT2D eigenvalue weighted by atomic mass is 9.82. The van der Waals surface area contributed by atoms with Gasteiger partial charge in [-0.25, -0.2) is 9.97 Å². The number of halogens is 1. The normalized spacial score (nSPS) is 17.8. The molecule has 0 radical (unpaired) electrons. The van der Waals surface area contributed by atoms with E-state index >= 15 is 0 Å². The first kappa shape index (κ1) is 13.5. The van der Waals surface area contributed by atoms with Gasteiger partial charge in [-0.3, -0.25) is 0 Å². The van der Waals surface area contributed by atoms with Gasteiger partial charge in [-0.1, -0.05) is 35.9 Å². The number of hydrogen-bond acceptors (Lipinski definition) is 3. The van der Waals surface area contributed by atoms with Crippen molar-refractivity contribution in [3.05, 3.63) is 58.1 Å². The van der Waals surface area contributed by atoms with Crippen LogP contribution in [-0.4, -0.2) is 17.1 Å². The van der Waals surface area contributed by atoms with Crippen LogP contribution < -0.4 is 0 Å². The molecule has 3 nitrogen and oxygen atoms in total. The van der Waals surface area contributed by atoms with Gasteiger partial charge in [0, 0.05) is 13.0 Å². The van der Waals surface area contributed by atoms with Gasteiger partial charge in [0.1, 0.15) is 11.0 Å². The van der Waals surface area contributed by atoms with Crippen molar-refractivity contribution in [3.8, 4) is 0 Å². The van der Waals surface area contributed by atoms with E-state index in [1.807, 2.05) is 0 Å². The Labute approximate surface area is 124 Å². The third-order valence-electron chi connectivity index (χ3n) is 3.74. The third kappa shape index (κ3) is 2.69. The van der Waals surface area contributed by atoms with Crippen molar-refractivity contribution >= 4 is 11.6 Å². The minimum absolute atomic E-state index is 0.245. The van der Waals surface area contributed by atoms with Crippen molar-refractivity contribution in [1.29, 1.82) is 0 Å². The Bertz CT molecular complexity index is 615. The molecule has 0 bridgehead atoms. The lowest BCUT2D eigenvalue weighted by molar-refractivity contribution is 0.181. The smallest absolute Gasteiger partial charge is 0.137 e. The summed E-state index contributed by atoms with van der Waals surface area (Å²) in [5.41, 5.74) is 3.58. The number of benzene rings is 1. The summed E-state index contributed by atoms with van der Waals surface area (Å²) in [5.74, 6) is 1.06. The van der Waals surface area contributed by atoms with E-state index in [-0.39, 0.29) is 5.92 Å². The molecule has 1 atom stereocenters. The van der Waals surface area contributed by atoms with Crippen LogP contribution in [0.25, 0.3) is 0 Å². The van der Waals surface area contributed by atoms with Crippen LogP contribution in [0.4, 0.5) is 0 Å². The highest BCUT2D eigenvalue weighted by Crippen LogP contribution is 2.35. The fourth-order valence-electron chi connectivity index (χ4n) is 2.88. The number of rotatable bonds is 3. The van der Waals surface area contributed by atoms with E-state index < -0.39 is 0 Å². The Kier molecular flexibility index (Phi) is 3.99. The maximum Gasteiger partial charge on any atom is 0.137 e. The molecular formula is C16H17ClN2O. The summed E-state index contributed by atoms with van der Waals surface area (Å²) in [6.45, 7) is 0.462. The Morgan fingerprint density at radius 3 is 3.00 bits per heavy atom. The molecule has 0 aliphatic heterocycles. The Morgan fingerprint density at radius 2 is 2.15 bits per heavy atom. The first-order valence-corrected chi connectivity index (χ1v) is 7.26. The van der Waals surface area contributed by atoms with Gasteiger partial charge in [-0.05, 0) is 36.5 Å². The van der Waals surface area contributed by atoms with E-state index in [4.69, 9.17) is 16.3 Å². The predicted octanol–water partition coefficient (Wildman–Crippen LogP) is 3.74. The third-order valence-corrected chi connectivity index (χ3v) is 3.93. The Balaban J connectivity index is 2.01. The van der Waals surface area contributed by atoms with Gasteiger partial charge in [0.25, 0.3) is 0 Å². The molecule has 0 fully saturated rings. The highest BCUT2D eigenvalue weighted by atomic mass is 35.5. The zero-order chi connectivity index (χ0) is 13.9. The summed E-state index contributed by atoms with van der Waals surface area (Å²) in [4.78, 5) is 9.06. The first-order valence-electron chi connectivity index (χ1n) is 6.88. The summed E-state index contributed by atoms with van der Waals surface area (Å²) >= 11 is 6.13. The van der Waals surface area contributed by atoms with Gasteiger partial charge < -0.3 is 4.74 Å². The van der Waals surface area contributed by atoms with Gasteiger partial charge in [0.05, 0.1) is 12.3 Å². The Hall–Kier alpha value is -1.45. The van der Waals surface area contributed by atoms with Crippen LogP contribution in [0.2, 0.25) is 5.15 Å². The van der Waals surface area contributed by atoms with E-state index in [0.717, 1.165) is 30.8 Å². The van der Waals surface area contributed by atoms with Crippen LogP contribution in [-0.2, 0) is 17.8 Å². The van der Waals surface area contributed by atoms with Crippen LogP contribution in [0.5, 0.6) is 0 Å². The van der Waals surface area contributed by atoms with Crippen molar-refractivity contribution in [2.45, 2.75) is 31.8 Å². The molecule has 0 amide bonds.